The summed E-state index contributed by atoms with van der Waals surface area (Å²) >= 11 is 0. The quantitative estimate of drug-likeness (QED) is 0.766. The number of rotatable bonds is 4. The lowest BCUT2D eigenvalue weighted by Gasteiger charge is -2.04. The molecule has 3 aromatic rings. The van der Waals surface area contributed by atoms with Crippen LogP contribution in [0.3, 0.4) is 0 Å². The minimum atomic E-state index is -0.332. The average Bonchev–Trinajstić information content (AvgIpc) is 2.88. The maximum atomic E-state index is 13.1. The average molecular weight is 272 g/mol. The Morgan fingerprint density at radius 3 is 2.70 bits per heavy atom. The van der Waals surface area contributed by atoms with Crippen molar-refractivity contribution in [3.8, 4) is 11.5 Å². The van der Waals surface area contributed by atoms with Crippen LogP contribution in [0, 0.1) is 5.82 Å². The van der Waals surface area contributed by atoms with Crippen molar-refractivity contribution in [2.45, 2.75) is 0 Å². The Morgan fingerprint density at radius 2 is 1.95 bits per heavy atom. The van der Waals surface area contributed by atoms with Crippen LogP contribution in [0.2, 0.25) is 0 Å². The second-order valence-electron chi connectivity index (χ2n) is 4.36. The maximum Gasteiger partial charge on any atom is 0.227 e. The standard InChI is InChI=1S/C15H13FN2O2/c16-11-3-6-14-13(9-11)18-15(20-14)10-1-4-12(5-2-10)17-7-8-19/h1-6,9,17,19H,7-8H2. The zero-order valence-electron chi connectivity index (χ0n) is 10.6. The van der Waals surface area contributed by atoms with E-state index >= 15 is 0 Å². The third-order valence-electron chi connectivity index (χ3n) is 2.92. The molecule has 0 amide bonds. The highest BCUT2D eigenvalue weighted by atomic mass is 19.1. The fourth-order valence-corrected chi connectivity index (χ4v) is 1.95. The molecule has 1 aromatic heterocycles. The van der Waals surface area contributed by atoms with Gasteiger partial charge in [0.15, 0.2) is 5.58 Å². The van der Waals surface area contributed by atoms with Crippen LogP contribution in [-0.4, -0.2) is 23.2 Å². The Labute approximate surface area is 114 Å². The van der Waals surface area contributed by atoms with Crippen molar-refractivity contribution in [1.29, 1.82) is 0 Å². The lowest BCUT2D eigenvalue weighted by molar-refractivity contribution is 0.311. The smallest absolute Gasteiger partial charge is 0.227 e. The summed E-state index contributed by atoms with van der Waals surface area (Å²) in [6.07, 6.45) is 0. The molecule has 0 fully saturated rings. The lowest BCUT2D eigenvalue weighted by atomic mass is 10.2. The van der Waals surface area contributed by atoms with Gasteiger partial charge >= 0.3 is 0 Å². The molecule has 102 valence electrons. The van der Waals surface area contributed by atoms with Gasteiger partial charge in [-0.25, -0.2) is 9.37 Å². The number of nitrogens with zero attached hydrogens (tertiary/aromatic N) is 1. The monoisotopic (exact) mass is 272 g/mol. The van der Waals surface area contributed by atoms with Gasteiger partial charge in [-0.1, -0.05) is 0 Å². The van der Waals surface area contributed by atoms with Gasteiger partial charge in [-0.15, -0.1) is 0 Å². The van der Waals surface area contributed by atoms with E-state index in [1.54, 1.807) is 6.07 Å². The second kappa shape index (κ2) is 5.30. The highest BCUT2D eigenvalue weighted by molar-refractivity contribution is 5.76. The molecule has 2 aromatic carbocycles. The highest BCUT2D eigenvalue weighted by Crippen LogP contribution is 2.25. The number of aliphatic hydroxyl groups is 1. The fourth-order valence-electron chi connectivity index (χ4n) is 1.95. The van der Waals surface area contributed by atoms with Crippen LogP contribution >= 0.6 is 0 Å². The van der Waals surface area contributed by atoms with Crippen LogP contribution in [0.5, 0.6) is 0 Å². The van der Waals surface area contributed by atoms with Crippen molar-refractivity contribution in [2.75, 3.05) is 18.5 Å². The van der Waals surface area contributed by atoms with Crippen molar-refractivity contribution < 1.29 is 13.9 Å². The molecule has 0 spiro atoms. The van der Waals surface area contributed by atoms with Gasteiger partial charge in [0.1, 0.15) is 11.3 Å². The third kappa shape index (κ3) is 2.48. The molecule has 3 rings (SSSR count). The summed E-state index contributed by atoms with van der Waals surface area (Å²) in [5.41, 5.74) is 2.78. The fraction of sp³-hybridized carbons (Fsp3) is 0.133. The lowest BCUT2D eigenvalue weighted by Crippen LogP contribution is -2.04. The molecule has 4 nitrogen and oxygen atoms in total. The molecule has 0 saturated carbocycles. The summed E-state index contributed by atoms with van der Waals surface area (Å²) in [4.78, 5) is 4.27. The Morgan fingerprint density at radius 1 is 1.15 bits per heavy atom. The molecule has 20 heavy (non-hydrogen) atoms. The summed E-state index contributed by atoms with van der Waals surface area (Å²) in [6, 6.07) is 11.7. The first-order valence-corrected chi connectivity index (χ1v) is 6.27. The Bertz CT molecular complexity index is 722. The SMILES string of the molecule is OCCNc1ccc(-c2nc3cc(F)ccc3o2)cc1. The molecular weight excluding hydrogens is 259 g/mol. The summed E-state index contributed by atoms with van der Waals surface area (Å²) in [7, 11) is 0. The molecule has 0 aliphatic heterocycles. The minimum absolute atomic E-state index is 0.0818. The number of nitrogens with one attached hydrogen (secondary N) is 1. The number of hydrogen-bond acceptors (Lipinski definition) is 4. The maximum absolute atomic E-state index is 13.1. The van der Waals surface area contributed by atoms with Crippen LogP contribution in [0.25, 0.3) is 22.6 Å². The first kappa shape index (κ1) is 12.6. The number of hydrogen-bond donors (Lipinski definition) is 2. The van der Waals surface area contributed by atoms with Crippen LogP contribution in [0.1, 0.15) is 0 Å². The molecule has 5 heteroatoms. The number of aliphatic hydroxyl groups excluding tert-OH is 1. The van der Waals surface area contributed by atoms with E-state index in [2.05, 4.69) is 10.3 Å². The van der Waals surface area contributed by atoms with Gasteiger partial charge in [-0.2, -0.15) is 0 Å². The predicted molar refractivity (Wildman–Crippen MR) is 75.0 cm³/mol. The molecule has 0 aliphatic rings. The minimum Gasteiger partial charge on any atom is -0.436 e. The largest absolute Gasteiger partial charge is 0.436 e. The van der Waals surface area contributed by atoms with Gasteiger partial charge in [0.05, 0.1) is 6.61 Å². The Balaban J connectivity index is 1.90. The molecule has 0 saturated heterocycles. The number of halogens is 1. The van der Waals surface area contributed by atoms with E-state index in [-0.39, 0.29) is 12.4 Å². The molecule has 2 N–H and O–H groups in total. The van der Waals surface area contributed by atoms with Crippen LogP contribution in [0.4, 0.5) is 10.1 Å². The van der Waals surface area contributed by atoms with Gasteiger partial charge in [0.2, 0.25) is 5.89 Å². The van der Waals surface area contributed by atoms with Crippen molar-refractivity contribution in [3.63, 3.8) is 0 Å². The Hall–Kier alpha value is -2.40. The van der Waals surface area contributed by atoms with E-state index in [0.717, 1.165) is 11.3 Å². The zero-order valence-corrected chi connectivity index (χ0v) is 10.6. The molecule has 0 bridgehead atoms. The normalized spacial score (nSPS) is 10.9. The van der Waals surface area contributed by atoms with Crippen LogP contribution < -0.4 is 5.32 Å². The van der Waals surface area contributed by atoms with Crippen LogP contribution in [-0.2, 0) is 0 Å². The molecule has 0 atom stereocenters. The van der Waals surface area contributed by atoms with Crippen molar-refractivity contribution >= 4 is 16.8 Å². The number of fused-ring (bicyclic) bond motifs is 1. The molecule has 0 radical (unpaired) electrons. The summed E-state index contributed by atoms with van der Waals surface area (Å²) in [5, 5.41) is 11.8. The van der Waals surface area contributed by atoms with Crippen molar-refractivity contribution in [2.24, 2.45) is 0 Å². The first-order valence-electron chi connectivity index (χ1n) is 6.27. The van der Waals surface area contributed by atoms with Crippen molar-refractivity contribution in [1.82, 2.24) is 4.98 Å². The van der Waals surface area contributed by atoms with E-state index in [0.29, 0.717) is 23.5 Å². The highest BCUT2D eigenvalue weighted by Gasteiger charge is 2.08. The van der Waals surface area contributed by atoms with Crippen LogP contribution in [0.15, 0.2) is 46.9 Å². The number of oxazole rings is 1. The molecule has 0 unspecified atom stereocenters. The number of anilines is 1. The zero-order chi connectivity index (χ0) is 13.9. The van der Waals surface area contributed by atoms with Gasteiger partial charge < -0.3 is 14.8 Å². The van der Waals surface area contributed by atoms with E-state index in [4.69, 9.17) is 9.52 Å². The van der Waals surface area contributed by atoms with E-state index < -0.39 is 0 Å². The molecule has 1 heterocycles. The van der Waals surface area contributed by atoms with E-state index in [1.807, 2.05) is 24.3 Å². The summed E-state index contributed by atoms with van der Waals surface area (Å²) in [5.74, 6) is 0.125. The van der Waals surface area contributed by atoms with Gasteiger partial charge in [0.25, 0.3) is 0 Å². The van der Waals surface area contributed by atoms with E-state index in [1.165, 1.54) is 12.1 Å². The first-order chi connectivity index (χ1) is 9.76. The summed E-state index contributed by atoms with van der Waals surface area (Å²) in [6.45, 7) is 0.583. The molecule has 0 aliphatic carbocycles. The van der Waals surface area contributed by atoms with Gasteiger partial charge in [-0.3, -0.25) is 0 Å². The van der Waals surface area contributed by atoms with E-state index in [9.17, 15) is 4.39 Å². The third-order valence-corrected chi connectivity index (χ3v) is 2.92. The predicted octanol–water partition coefficient (Wildman–Crippen LogP) is 3.04. The molecular formula is C15H13FN2O2. The number of aromatic nitrogens is 1. The number of benzene rings is 2. The van der Waals surface area contributed by atoms with Crippen molar-refractivity contribution in [3.05, 3.63) is 48.3 Å². The van der Waals surface area contributed by atoms with Gasteiger partial charge in [0, 0.05) is 23.9 Å². The second-order valence-corrected chi connectivity index (χ2v) is 4.36. The topological polar surface area (TPSA) is 58.3 Å². The Kier molecular flexibility index (Phi) is 3.35. The summed E-state index contributed by atoms with van der Waals surface area (Å²) < 4.78 is 18.7. The van der Waals surface area contributed by atoms with Gasteiger partial charge in [-0.05, 0) is 36.4 Å².